The SMILES string of the molecule is c1ccc2c(c1)OC13[C@@H]4[C@@H]5[C@@H]6C7C8[C@H]9C[C@H]([C@@H]4[C@@H]69)C21[C@@H]1C[C@H]8[C@H]2[C@H]7[C@H]5[C@@H]3[C@H]21. The van der Waals surface area contributed by atoms with E-state index in [0.29, 0.717) is 5.41 Å². The number of rotatable bonds is 0. The molecule has 4 unspecified atom stereocenters. The molecule has 1 aromatic carbocycles. The molecule has 1 heteroatoms. The summed E-state index contributed by atoms with van der Waals surface area (Å²) in [7, 11) is 0. The van der Waals surface area contributed by atoms with Crippen molar-refractivity contribution in [1.82, 2.24) is 0 Å². The summed E-state index contributed by atoms with van der Waals surface area (Å²) in [5.41, 5.74) is 2.47. The first kappa shape index (κ1) is 11.9. The second-order valence-corrected chi connectivity index (χ2v) is 13.1. The Kier molecular flexibility index (Phi) is 1.23. The van der Waals surface area contributed by atoms with Crippen LogP contribution in [0.4, 0.5) is 0 Å². The number of hydrogen-bond donors (Lipinski definition) is 0. The molecule has 10 aliphatic carbocycles. The number of fused-ring (bicyclic) bond motifs is 3. The minimum Gasteiger partial charge on any atom is -0.485 e. The van der Waals surface area contributed by atoms with Crippen LogP contribution in [0.3, 0.4) is 0 Å². The van der Waals surface area contributed by atoms with Gasteiger partial charge in [0.1, 0.15) is 11.4 Å². The molecule has 10 fully saturated rings. The minimum atomic E-state index is 0.280. The molecule has 0 radical (unpaired) electrons. The van der Waals surface area contributed by atoms with Crippen LogP contribution >= 0.6 is 0 Å². The van der Waals surface area contributed by atoms with Crippen molar-refractivity contribution in [2.24, 2.45) is 94.7 Å². The third kappa shape index (κ3) is 0.657. The lowest BCUT2D eigenvalue weighted by molar-refractivity contribution is -0.0348. The molecular weight excluding hydrogens is 328 g/mol. The van der Waals surface area contributed by atoms with Crippen LogP contribution in [0, 0.1) is 94.7 Å². The van der Waals surface area contributed by atoms with Crippen molar-refractivity contribution in [3.05, 3.63) is 29.8 Å². The van der Waals surface area contributed by atoms with Gasteiger partial charge in [-0.15, -0.1) is 0 Å². The summed E-state index contributed by atoms with van der Waals surface area (Å²) in [4.78, 5) is 0. The van der Waals surface area contributed by atoms with Gasteiger partial charge in [-0.3, -0.25) is 0 Å². The third-order valence-corrected chi connectivity index (χ3v) is 14.5. The summed E-state index contributed by atoms with van der Waals surface area (Å²) in [5.74, 6) is 19.0. The minimum absolute atomic E-state index is 0.280. The highest BCUT2D eigenvalue weighted by Crippen LogP contribution is 3.00. The Morgan fingerprint density at radius 2 is 1.30 bits per heavy atom. The number of hydrogen-bond acceptors (Lipinski definition) is 1. The Balaban J connectivity index is 1.36. The van der Waals surface area contributed by atoms with Crippen molar-refractivity contribution in [1.29, 1.82) is 0 Å². The first-order valence-electron chi connectivity index (χ1n) is 12.2. The average Bonchev–Trinajstić information content (AvgIpc) is 3.42. The molecule has 10 saturated carbocycles. The van der Waals surface area contributed by atoms with E-state index >= 15 is 0 Å². The van der Waals surface area contributed by atoms with E-state index in [2.05, 4.69) is 24.3 Å². The summed E-state index contributed by atoms with van der Waals surface area (Å²) in [6, 6.07) is 9.51. The Morgan fingerprint density at radius 1 is 0.667 bits per heavy atom. The molecule has 134 valence electrons. The van der Waals surface area contributed by atoms with Gasteiger partial charge in [-0.2, -0.15) is 0 Å². The van der Waals surface area contributed by atoms with Gasteiger partial charge in [0, 0.05) is 22.8 Å². The fourth-order valence-corrected chi connectivity index (χ4v) is 16.1. The highest BCUT2D eigenvalue weighted by atomic mass is 16.5. The fourth-order valence-electron chi connectivity index (χ4n) is 16.1. The van der Waals surface area contributed by atoms with Gasteiger partial charge in [-0.25, -0.2) is 0 Å². The van der Waals surface area contributed by atoms with Crippen molar-refractivity contribution in [3.8, 4) is 5.75 Å². The molecule has 11 aliphatic rings. The Bertz CT molecular complexity index is 1020. The lowest BCUT2D eigenvalue weighted by atomic mass is 9.57. The van der Waals surface area contributed by atoms with Crippen LogP contribution in [0.15, 0.2) is 24.3 Å². The van der Waals surface area contributed by atoms with Gasteiger partial charge in [-0.1, -0.05) is 18.2 Å². The van der Waals surface area contributed by atoms with Crippen LogP contribution in [0.25, 0.3) is 0 Å². The first-order chi connectivity index (χ1) is 13.4. The smallest absolute Gasteiger partial charge is 0.126 e. The maximum Gasteiger partial charge on any atom is 0.126 e. The molecule has 0 N–H and O–H groups in total. The predicted octanol–water partition coefficient (Wildman–Crippen LogP) is 3.83. The lowest BCUT2D eigenvalue weighted by Crippen LogP contribution is -2.55. The van der Waals surface area contributed by atoms with E-state index in [4.69, 9.17) is 4.74 Å². The van der Waals surface area contributed by atoms with E-state index in [0.717, 1.165) is 71.0 Å². The molecule has 1 nitrogen and oxygen atoms in total. The van der Waals surface area contributed by atoms with Gasteiger partial charge in [0.15, 0.2) is 0 Å². The van der Waals surface area contributed by atoms with Gasteiger partial charge in [0.05, 0.1) is 0 Å². The number of benzene rings is 1. The molecule has 1 aromatic rings. The highest BCUT2D eigenvalue weighted by Gasteiger charge is 3.01. The second kappa shape index (κ2) is 2.78. The zero-order chi connectivity index (χ0) is 16.3. The molecular formula is C26H24O. The monoisotopic (exact) mass is 352 g/mol. The van der Waals surface area contributed by atoms with Crippen LogP contribution in [0.5, 0.6) is 5.75 Å². The van der Waals surface area contributed by atoms with E-state index in [-0.39, 0.29) is 5.60 Å². The van der Waals surface area contributed by atoms with E-state index in [1.54, 1.807) is 18.4 Å². The van der Waals surface area contributed by atoms with Crippen LogP contribution in [-0.4, -0.2) is 5.60 Å². The van der Waals surface area contributed by atoms with Crippen LogP contribution in [-0.2, 0) is 5.41 Å². The van der Waals surface area contributed by atoms with Crippen molar-refractivity contribution in [2.75, 3.05) is 0 Å². The van der Waals surface area contributed by atoms with E-state index in [9.17, 15) is 0 Å². The van der Waals surface area contributed by atoms with Crippen molar-refractivity contribution < 1.29 is 4.74 Å². The molecule has 27 heavy (non-hydrogen) atoms. The largest absolute Gasteiger partial charge is 0.485 e. The fraction of sp³-hybridized carbons (Fsp3) is 0.769. The maximum absolute atomic E-state index is 7.41. The van der Waals surface area contributed by atoms with Crippen LogP contribution in [0.2, 0.25) is 0 Å². The summed E-state index contributed by atoms with van der Waals surface area (Å²) < 4.78 is 7.41. The van der Waals surface area contributed by atoms with E-state index < -0.39 is 0 Å². The molecule has 1 aliphatic heterocycles. The second-order valence-electron chi connectivity index (χ2n) is 13.1. The van der Waals surface area contributed by atoms with Gasteiger partial charge >= 0.3 is 0 Å². The molecule has 0 aromatic heterocycles. The quantitative estimate of drug-likeness (QED) is 0.689. The van der Waals surface area contributed by atoms with Gasteiger partial charge in [0.2, 0.25) is 0 Å². The molecule has 0 amide bonds. The summed E-state index contributed by atoms with van der Waals surface area (Å²) in [6.45, 7) is 0. The molecule has 0 saturated heterocycles. The van der Waals surface area contributed by atoms with Crippen LogP contribution in [0.1, 0.15) is 18.4 Å². The molecule has 0 bridgehead atoms. The number of ether oxygens (including phenoxy) is 1. The topological polar surface area (TPSA) is 9.23 Å². The van der Waals surface area contributed by atoms with E-state index in [1.807, 2.05) is 0 Å². The molecule has 18 atom stereocenters. The summed E-state index contributed by atoms with van der Waals surface area (Å²) >= 11 is 0. The number of para-hydroxylation sites is 1. The average molecular weight is 352 g/mol. The predicted molar refractivity (Wildman–Crippen MR) is 96.6 cm³/mol. The zero-order valence-electron chi connectivity index (χ0n) is 15.4. The Morgan fingerprint density at radius 3 is 2.00 bits per heavy atom. The van der Waals surface area contributed by atoms with Crippen molar-refractivity contribution >= 4 is 0 Å². The van der Waals surface area contributed by atoms with Crippen molar-refractivity contribution in [3.63, 3.8) is 0 Å². The molecule has 1 heterocycles. The van der Waals surface area contributed by atoms with Gasteiger partial charge in [-0.05, 0) is 102 Å². The maximum atomic E-state index is 7.41. The standard InChI is InChI=1S/C26H24O/c1-2-4-12-9(3-1)25-10-5-7-13-8-6-11(25)17-15(8)20-18(13)19-14(7)16(10)23-21(19)22(20)24(17)26(23,25)27-12/h1-4,7-8,10-11,13-24H,5-6H2/t7-,8-,10-,11-,13?,14-,15+,16+,17-,18?,19-,20+,21-,22-,23+,24+,25?,26?/m1/s1. The normalized spacial score (nSPS) is 83.1. The molecule has 1 spiro atoms. The molecule has 12 rings (SSSR count). The first-order valence-corrected chi connectivity index (χ1v) is 12.2. The van der Waals surface area contributed by atoms with Crippen LogP contribution < -0.4 is 4.74 Å². The van der Waals surface area contributed by atoms with Gasteiger partial charge < -0.3 is 4.74 Å². The highest BCUT2D eigenvalue weighted by molar-refractivity contribution is 5.60. The van der Waals surface area contributed by atoms with Crippen molar-refractivity contribution in [2.45, 2.75) is 23.9 Å². The third-order valence-electron chi connectivity index (χ3n) is 14.5. The van der Waals surface area contributed by atoms with E-state index in [1.165, 1.54) is 29.4 Å². The summed E-state index contributed by atoms with van der Waals surface area (Å²) in [5, 5.41) is 0. The lowest BCUT2D eigenvalue weighted by Gasteiger charge is -2.46. The van der Waals surface area contributed by atoms with Gasteiger partial charge in [0.25, 0.3) is 0 Å². The zero-order valence-corrected chi connectivity index (χ0v) is 15.4. The summed E-state index contributed by atoms with van der Waals surface area (Å²) in [6.07, 6.45) is 3.23. The Labute approximate surface area is 159 Å². The Hall–Kier alpha value is -0.980.